The van der Waals surface area contributed by atoms with Crippen molar-refractivity contribution in [1.82, 2.24) is 19.8 Å². The van der Waals surface area contributed by atoms with E-state index in [9.17, 15) is 14.0 Å². The maximum atomic E-state index is 13.1. The molecule has 2 aromatic rings. The molecule has 1 aromatic carbocycles. The lowest BCUT2D eigenvalue weighted by molar-refractivity contribution is 0.0734. The lowest BCUT2D eigenvalue weighted by Gasteiger charge is -2.30. The molecule has 1 aliphatic heterocycles. The highest BCUT2D eigenvalue weighted by Crippen LogP contribution is 2.27. The summed E-state index contributed by atoms with van der Waals surface area (Å²) in [5.41, 5.74) is -0.218. The van der Waals surface area contributed by atoms with Crippen LogP contribution in [0.1, 0.15) is 33.8 Å². The molecule has 1 saturated heterocycles. The molecule has 7 nitrogen and oxygen atoms in total. The molecule has 0 unspecified atom stereocenters. The van der Waals surface area contributed by atoms with Crippen molar-refractivity contribution in [3.05, 3.63) is 53.9 Å². The van der Waals surface area contributed by atoms with Gasteiger partial charge < -0.3 is 19.5 Å². The van der Waals surface area contributed by atoms with Gasteiger partial charge in [0.05, 0.1) is 5.54 Å². The lowest BCUT2D eigenvalue weighted by atomic mass is 9.94. The number of likely N-dealkylation sites (tertiary alicyclic amines) is 1. The van der Waals surface area contributed by atoms with Gasteiger partial charge in [0.1, 0.15) is 5.82 Å². The van der Waals surface area contributed by atoms with E-state index in [1.54, 1.807) is 36.0 Å². The number of benzene rings is 1. The Labute approximate surface area is 157 Å². The maximum absolute atomic E-state index is 13.1. The van der Waals surface area contributed by atoms with Gasteiger partial charge in [-0.2, -0.15) is 0 Å². The molecule has 1 atom stereocenters. The number of hydrogen-bond donors (Lipinski definition) is 1. The summed E-state index contributed by atoms with van der Waals surface area (Å²) >= 11 is 0. The van der Waals surface area contributed by atoms with Crippen molar-refractivity contribution < 1.29 is 18.7 Å². The Hall–Kier alpha value is -2.74. The Balaban J connectivity index is 1.75. The molecule has 27 heavy (non-hydrogen) atoms. The fourth-order valence-electron chi connectivity index (χ4n) is 3.34. The van der Waals surface area contributed by atoms with Crippen molar-refractivity contribution in [1.29, 1.82) is 0 Å². The third-order valence-electron chi connectivity index (χ3n) is 4.92. The maximum Gasteiger partial charge on any atom is 0.289 e. The molecule has 1 aromatic heterocycles. The number of imidazole rings is 1. The minimum atomic E-state index is -0.595. The van der Waals surface area contributed by atoms with Gasteiger partial charge in [-0.25, -0.2) is 9.37 Å². The van der Waals surface area contributed by atoms with E-state index in [-0.39, 0.29) is 11.8 Å². The van der Waals surface area contributed by atoms with Crippen LogP contribution in [0.4, 0.5) is 4.39 Å². The third-order valence-corrected chi connectivity index (χ3v) is 4.92. The molecular formula is C19H23FN4O3. The minimum Gasteiger partial charge on any atom is -0.385 e. The van der Waals surface area contributed by atoms with Gasteiger partial charge >= 0.3 is 0 Å². The molecule has 144 valence electrons. The van der Waals surface area contributed by atoms with Crippen LogP contribution in [0.15, 0.2) is 36.7 Å². The third kappa shape index (κ3) is 4.16. The van der Waals surface area contributed by atoms with Crippen molar-refractivity contribution in [3.63, 3.8) is 0 Å². The summed E-state index contributed by atoms with van der Waals surface area (Å²) < 4.78 is 20.0. The lowest BCUT2D eigenvalue weighted by Crippen LogP contribution is -2.51. The number of carbonyl (C=O) groups excluding carboxylic acids is 2. The first-order chi connectivity index (χ1) is 12.9. The van der Waals surface area contributed by atoms with Crippen LogP contribution in [-0.4, -0.2) is 58.6 Å². The molecule has 8 heteroatoms. The van der Waals surface area contributed by atoms with Crippen LogP contribution in [-0.2, 0) is 11.8 Å². The number of rotatable bonds is 6. The van der Waals surface area contributed by atoms with Crippen molar-refractivity contribution >= 4 is 11.8 Å². The first kappa shape index (κ1) is 19.0. The van der Waals surface area contributed by atoms with E-state index in [2.05, 4.69) is 10.3 Å². The molecular weight excluding hydrogens is 351 g/mol. The SMILES string of the molecule is COCC[C@]1(NC(=O)c2ccc(F)cc2)CCN(C(=O)c2nccn2C)C1. The van der Waals surface area contributed by atoms with Gasteiger partial charge in [0, 0.05) is 51.8 Å². The summed E-state index contributed by atoms with van der Waals surface area (Å²) in [5.74, 6) is -0.494. The Bertz CT molecular complexity index is 821. The summed E-state index contributed by atoms with van der Waals surface area (Å²) in [4.78, 5) is 31.2. The predicted octanol–water partition coefficient (Wildman–Crippen LogP) is 1.61. The molecule has 0 bridgehead atoms. The van der Waals surface area contributed by atoms with E-state index in [4.69, 9.17) is 4.74 Å². The Morgan fingerprint density at radius 2 is 2.07 bits per heavy atom. The smallest absolute Gasteiger partial charge is 0.289 e. The number of aryl methyl sites for hydroxylation is 1. The molecule has 0 saturated carbocycles. The average Bonchev–Trinajstić information content (AvgIpc) is 3.27. The van der Waals surface area contributed by atoms with Crippen LogP contribution in [0.5, 0.6) is 0 Å². The first-order valence-electron chi connectivity index (χ1n) is 8.78. The molecule has 3 rings (SSSR count). The Morgan fingerprint density at radius 3 is 2.70 bits per heavy atom. The Morgan fingerprint density at radius 1 is 1.33 bits per heavy atom. The molecule has 1 fully saturated rings. The zero-order valence-electron chi connectivity index (χ0n) is 15.4. The molecule has 0 aliphatic carbocycles. The second-order valence-corrected chi connectivity index (χ2v) is 6.82. The van der Waals surface area contributed by atoms with E-state index in [1.165, 1.54) is 24.3 Å². The summed E-state index contributed by atoms with van der Waals surface area (Å²) in [7, 11) is 3.37. The fourth-order valence-corrected chi connectivity index (χ4v) is 3.34. The minimum absolute atomic E-state index is 0.169. The monoisotopic (exact) mass is 374 g/mol. The molecule has 0 radical (unpaired) electrons. The molecule has 1 aliphatic rings. The molecule has 0 spiro atoms. The van der Waals surface area contributed by atoms with Gasteiger partial charge in [0.15, 0.2) is 5.82 Å². The number of aromatic nitrogens is 2. The quantitative estimate of drug-likeness (QED) is 0.834. The molecule has 2 amide bonds. The highest BCUT2D eigenvalue weighted by atomic mass is 19.1. The number of halogens is 1. The van der Waals surface area contributed by atoms with Crippen molar-refractivity contribution in [2.45, 2.75) is 18.4 Å². The highest BCUT2D eigenvalue weighted by molar-refractivity contribution is 5.95. The van der Waals surface area contributed by atoms with Gasteiger partial charge in [-0.05, 0) is 37.1 Å². The van der Waals surface area contributed by atoms with Crippen molar-refractivity contribution in [2.24, 2.45) is 7.05 Å². The van der Waals surface area contributed by atoms with E-state index >= 15 is 0 Å². The summed E-state index contributed by atoms with van der Waals surface area (Å²) in [6.45, 7) is 1.34. The van der Waals surface area contributed by atoms with Gasteiger partial charge in [-0.15, -0.1) is 0 Å². The molecule has 1 N–H and O–H groups in total. The van der Waals surface area contributed by atoms with Crippen molar-refractivity contribution in [3.8, 4) is 0 Å². The number of nitrogens with one attached hydrogen (secondary N) is 1. The van der Waals surface area contributed by atoms with Crippen LogP contribution in [0.3, 0.4) is 0 Å². The largest absolute Gasteiger partial charge is 0.385 e. The normalized spacial score (nSPS) is 19.3. The number of ether oxygens (including phenoxy) is 1. The Kier molecular flexibility index (Phi) is 5.55. The highest BCUT2D eigenvalue weighted by Gasteiger charge is 2.41. The summed E-state index contributed by atoms with van der Waals surface area (Å²) in [6.07, 6.45) is 4.48. The number of carbonyl (C=O) groups is 2. The number of amides is 2. The van der Waals surface area contributed by atoms with Crippen molar-refractivity contribution in [2.75, 3.05) is 26.8 Å². The predicted molar refractivity (Wildman–Crippen MR) is 96.8 cm³/mol. The van der Waals surface area contributed by atoms with Crippen LogP contribution < -0.4 is 5.32 Å². The molecule has 2 heterocycles. The topological polar surface area (TPSA) is 76.5 Å². The van der Waals surface area contributed by atoms with Gasteiger partial charge in [0.2, 0.25) is 0 Å². The van der Waals surface area contributed by atoms with E-state index in [0.717, 1.165) is 0 Å². The average molecular weight is 374 g/mol. The van der Waals surface area contributed by atoms with Gasteiger partial charge in [-0.3, -0.25) is 9.59 Å². The van der Waals surface area contributed by atoms with Crippen LogP contribution in [0.2, 0.25) is 0 Å². The second kappa shape index (κ2) is 7.87. The summed E-state index contributed by atoms with van der Waals surface area (Å²) in [5, 5.41) is 3.05. The van der Waals surface area contributed by atoms with E-state index in [0.29, 0.717) is 43.9 Å². The van der Waals surface area contributed by atoms with Gasteiger partial charge in [0.25, 0.3) is 11.8 Å². The zero-order chi connectivity index (χ0) is 19.4. The number of nitrogens with zero attached hydrogens (tertiary/aromatic N) is 3. The van der Waals surface area contributed by atoms with Gasteiger partial charge in [-0.1, -0.05) is 0 Å². The number of hydrogen-bond acceptors (Lipinski definition) is 4. The van der Waals surface area contributed by atoms with Crippen LogP contribution in [0.25, 0.3) is 0 Å². The van der Waals surface area contributed by atoms with E-state index in [1.807, 2.05) is 0 Å². The van der Waals surface area contributed by atoms with Crippen LogP contribution >= 0.6 is 0 Å². The summed E-state index contributed by atoms with van der Waals surface area (Å²) in [6, 6.07) is 5.39. The van der Waals surface area contributed by atoms with E-state index < -0.39 is 11.4 Å². The zero-order valence-corrected chi connectivity index (χ0v) is 15.4. The number of methoxy groups -OCH3 is 1. The van der Waals surface area contributed by atoms with Crippen LogP contribution in [0, 0.1) is 5.82 Å². The standard InChI is InChI=1S/C19H23FN4O3/c1-23-11-9-21-16(23)18(26)24-10-7-19(13-24,8-12-27-2)22-17(25)14-3-5-15(20)6-4-14/h3-6,9,11H,7-8,10,12-13H2,1-2H3,(H,22,25)/t19-/m1/s1. The second-order valence-electron chi connectivity index (χ2n) is 6.82. The fraction of sp³-hybridized carbons (Fsp3) is 0.421. The first-order valence-corrected chi connectivity index (χ1v) is 8.78.